The highest BCUT2D eigenvalue weighted by Crippen LogP contribution is 2.13. The van der Waals surface area contributed by atoms with E-state index in [1.165, 1.54) is 5.56 Å². The molecule has 1 rings (SSSR count). The van der Waals surface area contributed by atoms with Crippen LogP contribution in [-0.2, 0) is 5.75 Å². The van der Waals surface area contributed by atoms with Crippen molar-refractivity contribution in [2.45, 2.75) is 5.75 Å². The molecule has 78 valence electrons. The largest absolute Gasteiger partial charge is 0.358 e. The highest BCUT2D eigenvalue weighted by molar-refractivity contribution is 8.12. The molecule has 0 aliphatic heterocycles. The first-order valence-electron chi connectivity index (χ1n) is 4.13. The third-order valence-electron chi connectivity index (χ3n) is 1.62. The zero-order valence-corrected chi connectivity index (χ0v) is 9.99. The van der Waals surface area contributed by atoms with Crippen molar-refractivity contribution in [2.24, 2.45) is 0 Å². The molecule has 0 atom stereocenters. The van der Waals surface area contributed by atoms with Gasteiger partial charge in [-0.2, -0.15) is 0 Å². The summed E-state index contributed by atoms with van der Waals surface area (Å²) >= 11 is 1.55. The van der Waals surface area contributed by atoms with E-state index in [-0.39, 0.29) is 12.4 Å². The van der Waals surface area contributed by atoms with Gasteiger partial charge in [-0.25, -0.2) is 0 Å². The van der Waals surface area contributed by atoms with Gasteiger partial charge in [0.15, 0.2) is 5.17 Å². The van der Waals surface area contributed by atoms with Crippen molar-refractivity contribution in [3.05, 3.63) is 35.9 Å². The lowest BCUT2D eigenvalue weighted by molar-refractivity contribution is 0.632. The molecule has 0 aromatic heterocycles. The van der Waals surface area contributed by atoms with Gasteiger partial charge in [0.1, 0.15) is 0 Å². The Morgan fingerprint density at radius 2 is 1.86 bits per heavy atom. The minimum Gasteiger partial charge on any atom is -0.358 e. The summed E-state index contributed by atoms with van der Waals surface area (Å²) in [5, 5.41) is 8.18. The normalized spacial score (nSPS) is 9.00. The maximum atomic E-state index is 7.58. The van der Waals surface area contributed by atoms with Crippen molar-refractivity contribution >= 4 is 29.3 Å². The molecule has 0 saturated heterocycles. The molecule has 0 heterocycles. The molecule has 0 radical (unpaired) electrons. The third kappa shape index (κ3) is 4.53. The average molecular weight is 231 g/mol. The molecule has 0 unspecified atom stereocenters. The Hall–Kier alpha value is -0.670. The van der Waals surface area contributed by atoms with Crippen molar-refractivity contribution in [2.75, 3.05) is 14.1 Å². The summed E-state index contributed by atoms with van der Waals surface area (Å²) < 4.78 is 0. The molecular weight excluding hydrogens is 216 g/mol. The summed E-state index contributed by atoms with van der Waals surface area (Å²) in [4.78, 5) is 1.81. The van der Waals surface area contributed by atoms with Crippen LogP contribution in [0.3, 0.4) is 0 Å². The summed E-state index contributed by atoms with van der Waals surface area (Å²) in [5.74, 6) is 0.873. The van der Waals surface area contributed by atoms with E-state index in [0.717, 1.165) is 5.75 Å². The molecule has 2 nitrogen and oxygen atoms in total. The smallest absolute Gasteiger partial charge is 0.156 e. The van der Waals surface area contributed by atoms with E-state index in [1.54, 1.807) is 11.8 Å². The van der Waals surface area contributed by atoms with Gasteiger partial charge in [0.05, 0.1) is 0 Å². The molecule has 0 amide bonds. The Balaban J connectivity index is 0.00000169. The lowest BCUT2D eigenvalue weighted by atomic mass is 10.2. The summed E-state index contributed by atoms with van der Waals surface area (Å²) in [7, 11) is 3.78. The van der Waals surface area contributed by atoms with Crippen LogP contribution in [0.1, 0.15) is 5.56 Å². The van der Waals surface area contributed by atoms with Crippen LogP contribution in [0.5, 0.6) is 0 Å². The number of halogens is 1. The molecule has 14 heavy (non-hydrogen) atoms. The first-order chi connectivity index (χ1) is 6.20. The van der Waals surface area contributed by atoms with Crippen LogP contribution in [0.25, 0.3) is 0 Å². The van der Waals surface area contributed by atoms with Crippen LogP contribution in [-0.4, -0.2) is 24.2 Å². The predicted octanol–water partition coefficient (Wildman–Crippen LogP) is 2.84. The van der Waals surface area contributed by atoms with E-state index < -0.39 is 0 Å². The standard InChI is InChI=1S/C10H14N2S.ClH/c1-12(2)10(11)13-8-9-6-4-3-5-7-9;/h3-7,11H,8H2,1-2H3;1H. The second-order valence-electron chi connectivity index (χ2n) is 2.97. The highest BCUT2D eigenvalue weighted by atomic mass is 35.5. The van der Waals surface area contributed by atoms with Gasteiger partial charge in [-0.15, -0.1) is 12.4 Å². The van der Waals surface area contributed by atoms with E-state index in [2.05, 4.69) is 12.1 Å². The molecular formula is C10H15ClN2S. The van der Waals surface area contributed by atoms with Crippen LogP contribution >= 0.6 is 24.2 Å². The average Bonchev–Trinajstić information content (AvgIpc) is 2.15. The van der Waals surface area contributed by atoms with Crippen LogP contribution in [0.15, 0.2) is 30.3 Å². The lowest BCUT2D eigenvalue weighted by Crippen LogP contribution is -2.17. The SMILES string of the molecule is CN(C)C(=N)SCc1ccccc1.Cl. The van der Waals surface area contributed by atoms with Crippen LogP contribution in [0.4, 0.5) is 0 Å². The van der Waals surface area contributed by atoms with Gasteiger partial charge in [-0.3, -0.25) is 5.41 Å². The molecule has 1 aromatic carbocycles. The van der Waals surface area contributed by atoms with Gasteiger partial charge in [-0.1, -0.05) is 42.1 Å². The fourth-order valence-electron chi connectivity index (χ4n) is 0.855. The molecule has 4 heteroatoms. The fourth-order valence-corrected chi connectivity index (χ4v) is 1.61. The number of thioether (sulfide) groups is 1. The van der Waals surface area contributed by atoms with Gasteiger partial charge in [-0.05, 0) is 5.56 Å². The van der Waals surface area contributed by atoms with E-state index in [4.69, 9.17) is 5.41 Å². The maximum Gasteiger partial charge on any atom is 0.156 e. The predicted molar refractivity (Wildman–Crippen MR) is 66.4 cm³/mol. The first kappa shape index (κ1) is 13.3. The van der Waals surface area contributed by atoms with Gasteiger partial charge >= 0.3 is 0 Å². The molecule has 1 N–H and O–H groups in total. The summed E-state index contributed by atoms with van der Waals surface area (Å²) in [6.45, 7) is 0. The molecule has 1 aromatic rings. The number of amidine groups is 1. The van der Waals surface area contributed by atoms with Crippen LogP contribution in [0, 0.1) is 5.41 Å². The first-order valence-corrected chi connectivity index (χ1v) is 5.11. The van der Waals surface area contributed by atoms with Crippen LogP contribution < -0.4 is 0 Å². The minimum atomic E-state index is 0. The van der Waals surface area contributed by atoms with Crippen molar-refractivity contribution < 1.29 is 0 Å². The Labute approximate surface area is 95.6 Å². The zero-order valence-electron chi connectivity index (χ0n) is 8.36. The number of rotatable bonds is 2. The Bertz CT molecular complexity index is 275. The molecule has 0 fully saturated rings. The van der Waals surface area contributed by atoms with Crippen molar-refractivity contribution in [1.29, 1.82) is 5.41 Å². The van der Waals surface area contributed by atoms with E-state index in [0.29, 0.717) is 5.17 Å². The second-order valence-corrected chi connectivity index (χ2v) is 3.94. The zero-order chi connectivity index (χ0) is 9.68. The summed E-state index contributed by atoms with van der Waals surface area (Å²) in [6, 6.07) is 10.2. The summed E-state index contributed by atoms with van der Waals surface area (Å²) in [5.41, 5.74) is 1.26. The molecule has 0 aliphatic rings. The van der Waals surface area contributed by atoms with Crippen molar-refractivity contribution in [1.82, 2.24) is 4.90 Å². The molecule has 0 saturated carbocycles. The Morgan fingerprint density at radius 3 is 2.36 bits per heavy atom. The lowest BCUT2D eigenvalue weighted by Gasteiger charge is -2.12. The van der Waals surface area contributed by atoms with E-state index >= 15 is 0 Å². The van der Waals surface area contributed by atoms with Gasteiger partial charge < -0.3 is 4.90 Å². The Kier molecular flexibility index (Phi) is 6.41. The number of nitrogens with one attached hydrogen (secondary N) is 1. The summed E-state index contributed by atoms with van der Waals surface area (Å²) in [6.07, 6.45) is 0. The number of hydrogen-bond acceptors (Lipinski definition) is 2. The maximum absolute atomic E-state index is 7.58. The van der Waals surface area contributed by atoms with Crippen LogP contribution in [0.2, 0.25) is 0 Å². The van der Waals surface area contributed by atoms with Gasteiger partial charge in [0.25, 0.3) is 0 Å². The van der Waals surface area contributed by atoms with E-state index in [1.807, 2.05) is 37.2 Å². The third-order valence-corrected chi connectivity index (χ3v) is 2.74. The fraction of sp³-hybridized carbons (Fsp3) is 0.300. The van der Waals surface area contributed by atoms with Crippen molar-refractivity contribution in [3.8, 4) is 0 Å². The highest BCUT2D eigenvalue weighted by Gasteiger charge is 1.99. The van der Waals surface area contributed by atoms with Gasteiger partial charge in [0, 0.05) is 19.8 Å². The Morgan fingerprint density at radius 1 is 1.29 bits per heavy atom. The quantitative estimate of drug-likeness (QED) is 0.625. The number of nitrogens with zero attached hydrogens (tertiary/aromatic N) is 1. The second kappa shape index (κ2) is 6.74. The number of hydrogen-bond donors (Lipinski definition) is 1. The topological polar surface area (TPSA) is 27.1 Å². The van der Waals surface area contributed by atoms with E-state index in [9.17, 15) is 0 Å². The van der Waals surface area contributed by atoms with Gasteiger partial charge in [0.2, 0.25) is 0 Å². The molecule has 0 spiro atoms. The number of benzene rings is 1. The van der Waals surface area contributed by atoms with Crippen molar-refractivity contribution in [3.63, 3.8) is 0 Å². The molecule has 0 aliphatic carbocycles. The minimum absolute atomic E-state index is 0. The monoisotopic (exact) mass is 230 g/mol. The molecule has 0 bridgehead atoms.